The maximum atomic E-state index is 13.3. The maximum Gasteiger partial charge on any atom is 0.255 e. The SMILES string of the molecule is O=C(Nc1nc(CCO)cs1)[C@H](CC1CCCCC1)N1Cc2cc(Cl)c(Cl)cc2C1=O. The Labute approximate surface area is 195 Å². The summed E-state index contributed by atoms with van der Waals surface area (Å²) in [6.45, 7) is 0.344. The molecule has 2 N–H and O–H groups in total. The molecule has 0 radical (unpaired) electrons. The van der Waals surface area contributed by atoms with E-state index >= 15 is 0 Å². The predicted molar refractivity (Wildman–Crippen MR) is 123 cm³/mol. The molecule has 0 unspecified atom stereocenters. The van der Waals surface area contributed by atoms with Crippen LogP contribution in [0.4, 0.5) is 5.13 Å². The molecule has 0 saturated heterocycles. The standard InChI is InChI=1S/C22H25Cl2N3O3S/c23-17-9-14-11-27(21(30)16(14)10-18(17)24)19(8-13-4-2-1-3-5-13)20(29)26-22-25-15(6-7-28)12-31-22/h9-10,12-13,19,28H,1-8,11H2,(H,25,26,29)/t19-/m0/s1. The van der Waals surface area contributed by atoms with Crippen molar-refractivity contribution < 1.29 is 14.7 Å². The van der Waals surface area contributed by atoms with Gasteiger partial charge in [0.25, 0.3) is 5.91 Å². The van der Waals surface area contributed by atoms with Crippen LogP contribution in [0, 0.1) is 5.92 Å². The fourth-order valence-corrected chi connectivity index (χ4v) is 5.57. The third-order valence-corrected chi connectivity index (χ3v) is 7.62. The summed E-state index contributed by atoms with van der Waals surface area (Å²) in [5, 5.41) is 15.0. The predicted octanol–water partition coefficient (Wildman–Crippen LogP) is 4.92. The van der Waals surface area contributed by atoms with Crippen LogP contribution in [0.25, 0.3) is 0 Å². The van der Waals surface area contributed by atoms with Gasteiger partial charge in [-0.25, -0.2) is 4.98 Å². The third-order valence-electron chi connectivity index (χ3n) is 6.09. The minimum absolute atomic E-state index is 0.00703. The van der Waals surface area contributed by atoms with Crippen molar-refractivity contribution in [3.8, 4) is 0 Å². The lowest BCUT2D eigenvalue weighted by atomic mass is 9.84. The van der Waals surface area contributed by atoms with E-state index in [1.807, 2.05) is 5.38 Å². The minimum Gasteiger partial charge on any atom is -0.396 e. The first-order chi connectivity index (χ1) is 15.0. The quantitative estimate of drug-likeness (QED) is 0.587. The Kier molecular flexibility index (Phi) is 7.16. The molecule has 1 saturated carbocycles. The molecule has 2 heterocycles. The van der Waals surface area contributed by atoms with Crippen molar-refractivity contribution in [2.45, 2.75) is 57.5 Å². The van der Waals surface area contributed by atoms with Gasteiger partial charge in [0.2, 0.25) is 5.91 Å². The molecule has 1 aromatic carbocycles. The number of carbonyl (C=O) groups excluding carboxylic acids is 2. The maximum absolute atomic E-state index is 13.3. The lowest BCUT2D eigenvalue weighted by Gasteiger charge is -2.31. The highest BCUT2D eigenvalue weighted by atomic mass is 35.5. The number of carbonyl (C=O) groups is 2. The van der Waals surface area contributed by atoms with Crippen LogP contribution in [-0.2, 0) is 17.8 Å². The summed E-state index contributed by atoms with van der Waals surface area (Å²) in [7, 11) is 0. The van der Waals surface area contributed by atoms with Crippen molar-refractivity contribution in [1.29, 1.82) is 0 Å². The second kappa shape index (κ2) is 9.86. The smallest absolute Gasteiger partial charge is 0.255 e. The van der Waals surface area contributed by atoms with Crippen molar-refractivity contribution in [3.05, 3.63) is 44.4 Å². The number of aliphatic hydroxyl groups is 1. The van der Waals surface area contributed by atoms with E-state index in [1.165, 1.54) is 17.8 Å². The van der Waals surface area contributed by atoms with Gasteiger partial charge in [0.1, 0.15) is 6.04 Å². The number of aromatic nitrogens is 1. The van der Waals surface area contributed by atoms with Crippen LogP contribution in [0.1, 0.15) is 60.1 Å². The summed E-state index contributed by atoms with van der Waals surface area (Å²) in [6, 6.07) is 2.72. The number of hydrogen-bond donors (Lipinski definition) is 2. The summed E-state index contributed by atoms with van der Waals surface area (Å²) in [5.41, 5.74) is 2.04. The molecule has 1 aromatic heterocycles. The second-order valence-electron chi connectivity index (χ2n) is 8.22. The zero-order valence-electron chi connectivity index (χ0n) is 17.1. The summed E-state index contributed by atoms with van der Waals surface area (Å²) < 4.78 is 0. The Bertz CT molecular complexity index is 975. The summed E-state index contributed by atoms with van der Waals surface area (Å²) in [6.07, 6.45) is 6.78. The number of benzene rings is 1. The lowest BCUT2D eigenvalue weighted by molar-refractivity contribution is -0.121. The number of aliphatic hydroxyl groups excluding tert-OH is 1. The van der Waals surface area contributed by atoms with E-state index in [1.54, 1.807) is 17.0 Å². The van der Waals surface area contributed by atoms with Crippen molar-refractivity contribution in [2.75, 3.05) is 11.9 Å². The number of nitrogens with one attached hydrogen (secondary N) is 1. The second-order valence-corrected chi connectivity index (χ2v) is 9.89. The van der Waals surface area contributed by atoms with Crippen molar-refractivity contribution in [1.82, 2.24) is 9.88 Å². The third kappa shape index (κ3) is 5.06. The Morgan fingerprint density at radius 2 is 2.00 bits per heavy atom. The number of nitrogens with zero attached hydrogens (tertiary/aromatic N) is 2. The molecule has 31 heavy (non-hydrogen) atoms. The topological polar surface area (TPSA) is 82.5 Å². The van der Waals surface area contributed by atoms with E-state index in [0.717, 1.165) is 36.9 Å². The molecular weight excluding hydrogens is 457 g/mol. The minimum atomic E-state index is -0.592. The van der Waals surface area contributed by atoms with E-state index in [9.17, 15) is 9.59 Å². The Hall–Kier alpha value is -1.67. The van der Waals surface area contributed by atoms with Gasteiger partial charge < -0.3 is 15.3 Å². The summed E-state index contributed by atoms with van der Waals surface area (Å²) in [4.78, 5) is 32.5. The van der Waals surface area contributed by atoms with E-state index in [0.29, 0.717) is 46.0 Å². The van der Waals surface area contributed by atoms with Crippen LogP contribution in [0.3, 0.4) is 0 Å². The lowest BCUT2D eigenvalue weighted by Crippen LogP contribution is -2.45. The molecule has 0 spiro atoms. The van der Waals surface area contributed by atoms with Crippen LogP contribution in [0.5, 0.6) is 0 Å². The van der Waals surface area contributed by atoms with Crippen LogP contribution in [0.2, 0.25) is 10.0 Å². The highest BCUT2D eigenvalue weighted by Gasteiger charge is 2.38. The Morgan fingerprint density at radius 3 is 2.74 bits per heavy atom. The van der Waals surface area contributed by atoms with Gasteiger partial charge in [0.05, 0.1) is 15.7 Å². The number of halogens is 2. The number of thiazole rings is 1. The molecule has 9 heteroatoms. The van der Waals surface area contributed by atoms with E-state index < -0.39 is 6.04 Å². The van der Waals surface area contributed by atoms with E-state index in [4.69, 9.17) is 28.3 Å². The summed E-state index contributed by atoms with van der Waals surface area (Å²) in [5.74, 6) is -0.00658. The number of hydrogen-bond acceptors (Lipinski definition) is 5. The molecule has 2 aliphatic rings. The van der Waals surface area contributed by atoms with Crippen molar-refractivity contribution in [3.63, 3.8) is 0 Å². The van der Waals surface area contributed by atoms with Gasteiger partial charge in [0.15, 0.2) is 5.13 Å². The average Bonchev–Trinajstić information content (AvgIpc) is 3.32. The number of anilines is 1. The molecular formula is C22H25Cl2N3O3S. The van der Waals surface area contributed by atoms with E-state index in [2.05, 4.69) is 10.3 Å². The Balaban J connectivity index is 1.56. The van der Waals surface area contributed by atoms with Gasteiger partial charge in [-0.2, -0.15) is 0 Å². The molecule has 166 valence electrons. The molecule has 0 bridgehead atoms. The fourth-order valence-electron chi connectivity index (χ4n) is 4.48. The van der Waals surface area contributed by atoms with Gasteiger partial charge in [-0.05, 0) is 30.0 Å². The van der Waals surface area contributed by atoms with Crippen molar-refractivity contribution >= 4 is 51.5 Å². The normalized spacial score (nSPS) is 17.6. The monoisotopic (exact) mass is 481 g/mol. The number of amides is 2. The Morgan fingerprint density at radius 1 is 1.26 bits per heavy atom. The van der Waals surface area contributed by atoms with Gasteiger partial charge >= 0.3 is 0 Å². The highest BCUT2D eigenvalue weighted by molar-refractivity contribution is 7.13. The zero-order valence-corrected chi connectivity index (χ0v) is 19.4. The molecule has 1 atom stereocenters. The fraction of sp³-hybridized carbons (Fsp3) is 0.500. The van der Waals surface area contributed by atoms with Crippen LogP contribution in [0.15, 0.2) is 17.5 Å². The summed E-state index contributed by atoms with van der Waals surface area (Å²) >= 11 is 13.6. The molecule has 2 aromatic rings. The molecule has 1 aliphatic heterocycles. The van der Waals surface area contributed by atoms with Crippen LogP contribution < -0.4 is 5.32 Å². The first-order valence-electron chi connectivity index (χ1n) is 10.6. The van der Waals surface area contributed by atoms with Gasteiger partial charge in [-0.15, -0.1) is 11.3 Å². The van der Waals surface area contributed by atoms with Crippen LogP contribution in [-0.4, -0.2) is 39.5 Å². The zero-order chi connectivity index (χ0) is 22.0. The van der Waals surface area contributed by atoms with Gasteiger partial charge in [-0.3, -0.25) is 9.59 Å². The van der Waals surface area contributed by atoms with Gasteiger partial charge in [-0.1, -0.05) is 55.3 Å². The van der Waals surface area contributed by atoms with Crippen LogP contribution >= 0.6 is 34.5 Å². The average molecular weight is 482 g/mol. The molecule has 1 fully saturated rings. The molecule has 2 amide bonds. The first kappa shape index (κ1) is 22.5. The largest absolute Gasteiger partial charge is 0.396 e. The van der Waals surface area contributed by atoms with Crippen molar-refractivity contribution in [2.24, 2.45) is 5.92 Å². The van der Waals surface area contributed by atoms with Gasteiger partial charge in [0, 0.05) is 30.5 Å². The molecule has 4 rings (SSSR count). The first-order valence-corrected chi connectivity index (χ1v) is 12.2. The molecule has 6 nitrogen and oxygen atoms in total. The van der Waals surface area contributed by atoms with E-state index in [-0.39, 0.29) is 18.4 Å². The number of rotatable bonds is 7. The number of fused-ring (bicyclic) bond motifs is 1. The highest BCUT2D eigenvalue weighted by Crippen LogP contribution is 2.35. The molecule has 1 aliphatic carbocycles.